The third-order valence-corrected chi connectivity index (χ3v) is 4.95. The Bertz CT molecular complexity index is 935. The number of carbonyl (C=O) groups excluding carboxylic acids is 2. The summed E-state index contributed by atoms with van der Waals surface area (Å²) < 4.78 is 43.8. The van der Waals surface area contributed by atoms with Crippen LogP contribution in [-0.4, -0.2) is 32.9 Å². The van der Waals surface area contributed by atoms with E-state index in [1.54, 1.807) is 18.2 Å². The van der Waals surface area contributed by atoms with E-state index in [9.17, 15) is 22.4 Å². The molecule has 1 atom stereocenters. The molecular formula is C17H16ClFN2O5S. The smallest absolute Gasteiger partial charge is 0.321 e. The van der Waals surface area contributed by atoms with Crippen LogP contribution < -0.4 is 10.0 Å². The molecule has 0 saturated carbocycles. The predicted molar refractivity (Wildman–Crippen MR) is 97.2 cm³/mol. The number of carbonyl (C=O) groups is 2. The van der Waals surface area contributed by atoms with E-state index in [2.05, 4.69) is 5.32 Å². The van der Waals surface area contributed by atoms with Crippen molar-refractivity contribution in [3.05, 3.63) is 59.4 Å². The second kappa shape index (κ2) is 8.94. The monoisotopic (exact) mass is 414 g/mol. The molecule has 0 aliphatic carbocycles. The summed E-state index contributed by atoms with van der Waals surface area (Å²) in [6, 6.07) is 10.5. The Balaban J connectivity index is 1.87. The number of hydrogen-bond acceptors (Lipinski definition) is 5. The molecule has 0 fully saturated rings. The van der Waals surface area contributed by atoms with E-state index in [4.69, 9.17) is 16.3 Å². The standard InChI is InChI=1S/C17H16ClFN2O5S/c1-11(17(23)21-14-4-2-3-12(18)9-14)26-16(22)10-20-27(24,25)15-7-5-13(19)6-8-15/h2-9,11,20H,10H2,1H3,(H,21,23)/t11-/m1/s1. The zero-order chi connectivity index (χ0) is 20.0. The fraction of sp³-hybridized carbons (Fsp3) is 0.176. The fourth-order valence-corrected chi connectivity index (χ4v) is 3.11. The number of amides is 1. The Labute approximate surface area is 160 Å². The van der Waals surface area contributed by atoms with Gasteiger partial charge in [0.25, 0.3) is 5.91 Å². The highest BCUT2D eigenvalue weighted by Gasteiger charge is 2.20. The lowest BCUT2D eigenvalue weighted by atomic mass is 10.3. The molecule has 7 nitrogen and oxygen atoms in total. The molecule has 27 heavy (non-hydrogen) atoms. The first-order chi connectivity index (χ1) is 12.7. The Morgan fingerprint density at radius 2 is 1.85 bits per heavy atom. The maximum atomic E-state index is 12.9. The summed E-state index contributed by atoms with van der Waals surface area (Å²) in [5.41, 5.74) is 0.424. The van der Waals surface area contributed by atoms with Crippen molar-refractivity contribution >= 4 is 39.2 Å². The molecule has 2 aromatic carbocycles. The average molecular weight is 415 g/mol. The summed E-state index contributed by atoms with van der Waals surface area (Å²) in [5, 5.41) is 2.94. The molecule has 0 bridgehead atoms. The Morgan fingerprint density at radius 1 is 1.19 bits per heavy atom. The molecule has 144 valence electrons. The van der Waals surface area contributed by atoms with Gasteiger partial charge >= 0.3 is 5.97 Å². The van der Waals surface area contributed by atoms with Gasteiger partial charge in [0.2, 0.25) is 10.0 Å². The second-order valence-corrected chi connectivity index (χ2v) is 7.61. The van der Waals surface area contributed by atoms with Crippen LogP contribution in [0, 0.1) is 5.82 Å². The number of halogens is 2. The molecule has 10 heteroatoms. The predicted octanol–water partition coefficient (Wildman–Crippen LogP) is 2.33. The van der Waals surface area contributed by atoms with Crippen LogP contribution >= 0.6 is 11.6 Å². The first-order valence-corrected chi connectivity index (χ1v) is 9.54. The van der Waals surface area contributed by atoms with Crippen molar-refractivity contribution < 1.29 is 27.1 Å². The summed E-state index contributed by atoms with van der Waals surface area (Å²) in [4.78, 5) is 23.6. The van der Waals surface area contributed by atoms with Crippen LogP contribution in [-0.2, 0) is 24.3 Å². The molecule has 0 heterocycles. The van der Waals surface area contributed by atoms with Crippen LogP contribution in [0.4, 0.5) is 10.1 Å². The third kappa shape index (κ3) is 6.31. The number of nitrogens with one attached hydrogen (secondary N) is 2. The summed E-state index contributed by atoms with van der Waals surface area (Å²) >= 11 is 5.81. The van der Waals surface area contributed by atoms with Gasteiger partial charge in [-0.3, -0.25) is 9.59 Å². The molecule has 0 radical (unpaired) electrons. The van der Waals surface area contributed by atoms with Gasteiger partial charge in [-0.2, -0.15) is 4.72 Å². The van der Waals surface area contributed by atoms with Crippen LogP contribution in [0.3, 0.4) is 0 Å². The van der Waals surface area contributed by atoms with Gasteiger partial charge in [0.1, 0.15) is 12.4 Å². The highest BCUT2D eigenvalue weighted by atomic mass is 35.5. The van der Waals surface area contributed by atoms with Gasteiger partial charge in [0.15, 0.2) is 6.10 Å². The Morgan fingerprint density at radius 3 is 2.48 bits per heavy atom. The van der Waals surface area contributed by atoms with E-state index in [0.717, 1.165) is 24.3 Å². The van der Waals surface area contributed by atoms with Gasteiger partial charge in [-0.15, -0.1) is 0 Å². The molecule has 1 amide bonds. The quantitative estimate of drug-likeness (QED) is 0.677. The number of sulfonamides is 1. The molecule has 0 aliphatic rings. The first kappa shape index (κ1) is 20.8. The van der Waals surface area contributed by atoms with Gasteiger partial charge in [-0.25, -0.2) is 12.8 Å². The minimum absolute atomic E-state index is 0.205. The van der Waals surface area contributed by atoms with Gasteiger partial charge < -0.3 is 10.1 Å². The van der Waals surface area contributed by atoms with E-state index in [0.29, 0.717) is 10.7 Å². The number of rotatable bonds is 7. The molecular weight excluding hydrogens is 399 g/mol. The lowest BCUT2D eigenvalue weighted by Gasteiger charge is -2.14. The van der Waals surface area contributed by atoms with E-state index >= 15 is 0 Å². The highest BCUT2D eigenvalue weighted by molar-refractivity contribution is 7.89. The fourth-order valence-electron chi connectivity index (χ4n) is 1.95. The maximum absolute atomic E-state index is 12.9. The second-order valence-electron chi connectivity index (χ2n) is 5.41. The molecule has 2 aromatic rings. The Kier molecular flexibility index (Phi) is 6.89. The van der Waals surface area contributed by atoms with Crippen LogP contribution in [0.15, 0.2) is 53.4 Å². The number of hydrogen-bond donors (Lipinski definition) is 2. The third-order valence-electron chi connectivity index (χ3n) is 3.30. The zero-order valence-electron chi connectivity index (χ0n) is 14.1. The molecule has 0 aromatic heterocycles. The van der Waals surface area contributed by atoms with Crippen molar-refractivity contribution in [3.63, 3.8) is 0 Å². The average Bonchev–Trinajstić information content (AvgIpc) is 2.60. The van der Waals surface area contributed by atoms with Gasteiger partial charge in [-0.05, 0) is 49.4 Å². The van der Waals surface area contributed by atoms with Crippen molar-refractivity contribution in [3.8, 4) is 0 Å². The van der Waals surface area contributed by atoms with E-state index < -0.39 is 40.4 Å². The maximum Gasteiger partial charge on any atom is 0.321 e. The van der Waals surface area contributed by atoms with E-state index in [1.807, 2.05) is 4.72 Å². The molecule has 2 rings (SSSR count). The van der Waals surface area contributed by atoms with Crippen molar-refractivity contribution in [2.45, 2.75) is 17.9 Å². The number of ether oxygens (including phenoxy) is 1. The first-order valence-electron chi connectivity index (χ1n) is 7.68. The molecule has 0 spiro atoms. The van der Waals surface area contributed by atoms with Crippen molar-refractivity contribution in [2.75, 3.05) is 11.9 Å². The molecule has 0 saturated heterocycles. The lowest BCUT2D eigenvalue weighted by molar-refractivity contribution is -0.151. The van der Waals surface area contributed by atoms with Crippen LogP contribution in [0.25, 0.3) is 0 Å². The van der Waals surface area contributed by atoms with Crippen molar-refractivity contribution in [1.29, 1.82) is 0 Å². The number of benzene rings is 2. The van der Waals surface area contributed by atoms with Gasteiger partial charge in [0, 0.05) is 10.7 Å². The molecule has 0 aliphatic heterocycles. The summed E-state index contributed by atoms with van der Waals surface area (Å²) in [5.74, 6) is -2.14. The van der Waals surface area contributed by atoms with Crippen molar-refractivity contribution in [1.82, 2.24) is 4.72 Å². The largest absolute Gasteiger partial charge is 0.452 e. The summed E-state index contributed by atoms with van der Waals surface area (Å²) in [7, 11) is -4.01. The lowest BCUT2D eigenvalue weighted by Crippen LogP contribution is -2.35. The minimum atomic E-state index is -4.01. The summed E-state index contributed by atoms with van der Waals surface area (Å²) in [6.45, 7) is 0.654. The van der Waals surface area contributed by atoms with E-state index in [1.165, 1.54) is 13.0 Å². The van der Waals surface area contributed by atoms with Crippen LogP contribution in [0.2, 0.25) is 5.02 Å². The van der Waals surface area contributed by atoms with Crippen molar-refractivity contribution in [2.24, 2.45) is 0 Å². The normalized spacial score (nSPS) is 12.3. The zero-order valence-corrected chi connectivity index (χ0v) is 15.7. The van der Waals surface area contributed by atoms with Gasteiger partial charge in [0.05, 0.1) is 4.90 Å². The number of anilines is 1. The molecule has 2 N–H and O–H groups in total. The SMILES string of the molecule is C[C@@H](OC(=O)CNS(=O)(=O)c1ccc(F)cc1)C(=O)Nc1cccc(Cl)c1. The van der Waals surface area contributed by atoms with Crippen LogP contribution in [0.5, 0.6) is 0 Å². The highest BCUT2D eigenvalue weighted by Crippen LogP contribution is 2.15. The minimum Gasteiger partial charge on any atom is -0.452 e. The topological polar surface area (TPSA) is 102 Å². The van der Waals surface area contributed by atoms with Crippen LogP contribution in [0.1, 0.15) is 6.92 Å². The Hall–Kier alpha value is -2.49. The number of esters is 1. The molecule has 0 unspecified atom stereocenters. The van der Waals surface area contributed by atoms with Gasteiger partial charge in [-0.1, -0.05) is 17.7 Å². The van der Waals surface area contributed by atoms with E-state index in [-0.39, 0.29) is 4.90 Å². The summed E-state index contributed by atoms with van der Waals surface area (Å²) in [6.07, 6.45) is -1.16.